The molecule has 0 aliphatic heterocycles. The highest BCUT2D eigenvalue weighted by atomic mass is 16.6. The molecule has 6 nitrogen and oxygen atoms in total. The van der Waals surface area contributed by atoms with Crippen LogP contribution in [0.3, 0.4) is 0 Å². The lowest BCUT2D eigenvalue weighted by atomic mass is 10.1. The number of carbonyl (C=O) groups excluding carboxylic acids is 3. The van der Waals surface area contributed by atoms with Gasteiger partial charge >= 0.3 is 12.1 Å². The van der Waals surface area contributed by atoms with Crippen molar-refractivity contribution < 1.29 is 23.9 Å². The Labute approximate surface area is 142 Å². The zero-order valence-corrected chi connectivity index (χ0v) is 14.6. The number of Topliss-reactive ketones (excluding diaryl/α,β-unsaturated/α-hetero) is 1. The molecule has 0 saturated heterocycles. The van der Waals surface area contributed by atoms with Crippen molar-refractivity contribution in [1.29, 1.82) is 0 Å². The average molecular weight is 335 g/mol. The first kappa shape index (κ1) is 19.7. The van der Waals surface area contributed by atoms with Crippen LogP contribution < -0.4 is 5.32 Å². The van der Waals surface area contributed by atoms with Crippen molar-refractivity contribution in [3.05, 3.63) is 35.9 Å². The first-order valence-electron chi connectivity index (χ1n) is 7.93. The first-order chi connectivity index (χ1) is 11.2. The van der Waals surface area contributed by atoms with Crippen LogP contribution in [-0.2, 0) is 25.7 Å². The number of benzene rings is 1. The maximum absolute atomic E-state index is 11.9. The van der Waals surface area contributed by atoms with Crippen LogP contribution in [0.5, 0.6) is 0 Å². The number of hydrogen-bond acceptors (Lipinski definition) is 5. The molecule has 0 spiro atoms. The summed E-state index contributed by atoms with van der Waals surface area (Å²) in [4.78, 5) is 35.7. The number of ketones is 1. The maximum Gasteiger partial charge on any atom is 0.408 e. The second kappa shape index (κ2) is 9.05. The standard InChI is InChI=1S/C18H25NO5/c1-5-15(20)14(11-16(21)24-18(2,3)4)19-17(22)23-12-13-9-7-6-8-10-13/h6-10,14H,5,11-12H2,1-4H3,(H,19,22). The summed E-state index contributed by atoms with van der Waals surface area (Å²) >= 11 is 0. The Balaban J connectivity index is 2.57. The van der Waals surface area contributed by atoms with E-state index in [1.807, 2.05) is 30.3 Å². The molecule has 132 valence electrons. The molecule has 0 aliphatic carbocycles. The summed E-state index contributed by atoms with van der Waals surface area (Å²) in [5.41, 5.74) is 0.184. The minimum Gasteiger partial charge on any atom is -0.460 e. The predicted molar refractivity (Wildman–Crippen MR) is 89.3 cm³/mol. The van der Waals surface area contributed by atoms with E-state index in [1.54, 1.807) is 27.7 Å². The number of esters is 1. The van der Waals surface area contributed by atoms with Gasteiger partial charge in [-0.2, -0.15) is 0 Å². The van der Waals surface area contributed by atoms with Crippen molar-refractivity contribution in [3.63, 3.8) is 0 Å². The lowest BCUT2D eigenvalue weighted by Gasteiger charge is -2.22. The van der Waals surface area contributed by atoms with Crippen LogP contribution in [0.1, 0.15) is 46.1 Å². The quantitative estimate of drug-likeness (QED) is 0.775. The third-order valence-electron chi connectivity index (χ3n) is 3.03. The summed E-state index contributed by atoms with van der Waals surface area (Å²) in [6.07, 6.45) is -0.759. The molecule has 1 atom stereocenters. The Morgan fingerprint density at radius 2 is 1.75 bits per heavy atom. The number of carbonyl (C=O) groups is 3. The van der Waals surface area contributed by atoms with Crippen LogP contribution in [0.4, 0.5) is 4.79 Å². The minimum atomic E-state index is -0.951. The van der Waals surface area contributed by atoms with Crippen molar-refractivity contribution >= 4 is 17.8 Å². The second-order valence-corrected chi connectivity index (χ2v) is 6.37. The van der Waals surface area contributed by atoms with Crippen LogP contribution in [-0.4, -0.2) is 29.5 Å². The molecule has 1 aromatic rings. The largest absolute Gasteiger partial charge is 0.460 e. The first-order valence-corrected chi connectivity index (χ1v) is 7.93. The number of ether oxygens (including phenoxy) is 2. The molecular weight excluding hydrogens is 310 g/mol. The fourth-order valence-electron chi connectivity index (χ4n) is 1.95. The number of alkyl carbamates (subject to hydrolysis) is 1. The summed E-state index contributed by atoms with van der Waals surface area (Å²) in [5, 5.41) is 2.44. The highest BCUT2D eigenvalue weighted by Crippen LogP contribution is 2.10. The summed E-state index contributed by atoms with van der Waals surface area (Å²) in [6.45, 7) is 6.98. The fraction of sp³-hybridized carbons (Fsp3) is 0.500. The van der Waals surface area contributed by atoms with E-state index in [0.717, 1.165) is 5.56 Å². The molecule has 1 aromatic carbocycles. The molecule has 0 heterocycles. The van der Waals surface area contributed by atoms with Gasteiger partial charge in [-0.25, -0.2) is 4.79 Å². The molecule has 6 heteroatoms. The Morgan fingerprint density at radius 1 is 1.12 bits per heavy atom. The van der Waals surface area contributed by atoms with E-state index in [1.165, 1.54) is 0 Å². The van der Waals surface area contributed by atoms with Gasteiger partial charge in [-0.05, 0) is 26.3 Å². The van der Waals surface area contributed by atoms with E-state index in [-0.39, 0.29) is 25.2 Å². The average Bonchev–Trinajstić information content (AvgIpc) is 2.50. The Bertz CT molecular complexity index is 563. The van der Waals surface area contributed by atoms with Gasteiger partial charge in [0.2, 0.25) is 0 Å². The van der Waals surface area contributed by atoms with Crippen LogP contribution in [0.25, 0.3) is 0 Å². The highest BCUT2D eigenvalue weighted by Gasteiger charge is 2.26. The molecule has 24 heavy (non-hydrogen) atoms. The monoisotopic (exact) mass is 335 g/mol. The van der Waals surface area contributed by atoms with Crippen molar-refractivity contribution in [2.24, 2.45) is 0 Å². The molecule has 0 aliphatic rings. The van der Waals surface area contributed by atoms with Crippen molar-refractivity contribution in [2.45, 2.75) is 58.8 Å². The maximum atomic E-state index is 11.9. The summed E-state index contributed by atoms with van der Waals surface area (Å²) < 4.78 is 10.3. The SMILES string of the molecule is CCC(=O)C(CC(=O)OC(C)(C)C)NC(=O)OCc1ccccc1. The summed E-state index contributed by atoms with van der Waals surface area (Å²) in [5.74, 6) is -0.796. The fourth-order valence-corrected chi connectivity index (χ4v) is 1.95. The molecule has 0 bridgehead atoms. The molecule has 1 amide bonds. The zero-order chi connectivity index (χ0) is 18.2. The Morgan fingerprint density at radius 3 is 2.29 bits per heavy atom. The highest BCUT2D eigenvalue weighted by molar-refractivity contribution is 5.90. The second-order valence-electron chi connectivity index (χ2n) is 6.37. The lowest BCUT2D eigenvalue weighted by Crippen LogP contribution is -2.43. The van der Waals surface area contributed by atoms with Crippen molar-refractivity contribution in [2.75, 3.05) is 0 Å². The number of hydrogen-bond donors (Lipinski definition) is 1. The topological polar surface area (TPSA) is 81.7 Å². The molecular formula is C18H25NO5. The van der Waals surface area contributed by atoms with Crippen LogP contribution in [0, 0.1) is 0 Å². The van der Waals surface area contributed by atoms with Gasteiger partial charge < -0.3 is 14.8 Å². The van der Waals surface area contributed by atoms with Gasteiger partial charge in [0, 0.05) is 6.42 Å². The Hall–Kier alpha value is -2.37. The third kappa shape index (κ3) is 7.76. The van der Waals surface area contributed by atoms with Crippen LogP contribution in [0.2, 0.25) is 0 Å². The minimum absolute atomic E-state index is 0.0894. The molecule has 0 saturated carbocycles. The molecule has 1 unspecified atom stereocenters. The van der Waals surface area contributed by atoms with Crippen molar-refractivity contribution in [1.82, 2.24) is 5.32 Å². The van der Waals surface area contributed by atoms with Crippen LogP contribution >= 0.6 is 0 Å². The normalized spacial score (nSPS) is 12.2. The smallest absolute Gasteiger partial charge is 0.408 e. The van der Waals surface area contributed by atoms with Gasteiger partial charge in [0.15, 0.2) is 5.78 Å². The van der Waals surface area contributed by atoms with Gasteiger partial charge in [-0.15, -0.1) is 0 Å². The summed E-state index contributed by atoms with van der Waals surface area (Å²) in [7, 11) is 0. The van der Waals surface area contributed by atoms with E-state index >= 15 is 0 Å². The van der Waals surface area contributed by atoms with E-state index < -0.39 is 23.7 Å². The third-order valence-corrected chi connectivity index (χ3v) is 3.03. The van der Waals surface area contributed by atoms with Gasteiger partial charge in [-0.1, -0.05) is 37.3 Å². The van der Waals surface area contributed by atoms with E-state index in [0.29, 0.717) is 0 Å². The lowest BCUT2D eigenvalue weighted by molar-refractivity contribution is -0.156. The summed E-state index contributed by atoms with van der Waals surface area (Å²) in [6, 6.07) is 8.23. The Kier molecular flexibility index (Phi) is 7.42. The van der Waals surface area contributed by atoms with Crippen LogP contribution in [0.15, 0.2) is 30.3 Å². The van der Waals surface area contributed by atoms with Gasteiger partial charge in [0.25, 0.3) is 0 Å². The van der Waals surface area contributed by atoms with Gasteiger partial charge in [0.1, 0.15) is 18.2 Å². The molecule has 0 fully saturated rings. The van der Waals surface area contributed by atoms with E-state index in [9.17, 15) is 14.4 Å². The molecule has 1 N–H and O–H groups in total. The molecule has 0 radical (unpaired) electrons. The zero-order valence-electron chi connectivity index (χ0n) is 14.6. The molecule has 1 rings (SSSR count). The van der Waals surface area contributed by atoms with E-state index in [4.69, 9.17) is 9.47 Å². The molecule has 0 aromatic heterocycles. The van der Waals surface area contributed by atoms with Gasteiger partial charge in [-0.3, -0.25) is 9.59 Å². The number of nitrogens with one attached hydrogen (secondary N) is 1. The number of rotatable bonds is 7. The van der Waals surface area contributed by atoms with Crippen molar-refractivity contribution in [3.8, 4) is 0 Å². The van der Waals surface area contributed by atoms with E-state index in [2.05, 4.69) is 5.32 Å². The predicted octanol–water partition coefficient (Wildman–Crippen LogP) is 2.99. The number of amides is 1. The van der Waals surface area contributed by atoms with Gasteiger partial charge in [0.05, 0.1) is 6.42 Å².